The zero-order valence-corrected chi connectivity index (χ0v) is 13.7. The molecule has 0 N–H and O–H groups in total. The molecule has 2 fully saturated rings. The van der Waals surface area contributed by atoms with Crippen LogP contribution >= 0.6 is 0 Å². The number of halogens is 1. The molecule has 0 aromatic heterocycles. The Morgan fingerprint density at radius 1 is 0.880 bits per heavy atom. The summed E-state index contributed by atoms with van der Waals surface area (Å²) in [6.45, 7) is 0.476. The minimum atomic E-state index is -0.390. The lowest BCUT2D eigenvalue weighted by atomic mass is 9.95. The van der Waals surface area contributed by atoms with Gasteiger partial charge in [0.05, 0.1) is 18.8 Å². The third kappa shape index (κ3) is 3.45. The van der Waals surface area contributed by atoms with Gasteiger partial charge in [0.15, 0.2) is 6.29 Å². The van der Waals surface area contributed by atoms with Crippen LogP contribution in [0.5, 0.6) is 0 Å². The van der Waals surface area contributed by atoms with E-state index in [4.69, 9.17) is 20.6 Å². The molecule has 3 nitrogen and oxygen atoms in total. The molecule has 0 bridgehead atoms. The lowest BCUT2D eigenvalue weighted by Crippen LogP contribution is -2.45. The van der Waals surface area contributed by atoms with E-state index < -0.39 is 0 Å². The Kier molecular flexibility index (Phi) is 4.54. The molecule has 0 saturated carbocycles. The van der Waals surface area contributed by atoms with Crippen LogP contribution in [0.3, 0.4) is 0 Å². The standard InChI is InChI=1S/C21H19FO3/c1-2-14-3-5-16(6-4-14)21-23-13-20-19(25-21)12-11-18(24-20)15-7-9-17(22)10-8-15/h1,3-10,18-21H,11-13H2/t18-,19+,20-,21-/m1/s1. The number of rotatable bonds is 2. The summed E-state index contributed by atoms with van der Waals surface area (Å²) in [6.07, 6.45) is 6.58. The second kappa shape index (κ2) is 6.97. The third-order valence-electron chi connectivity index (χ3n) is 4.77. The molecule has 4 rings (SSSR count). The van der Waals surface area contributed by atoms with Crippen LogP contribution in [-0.2, 0) is 14.2 Å². The van der Waals surface area contributed by atoms with Crippen LogP contribution in [0.2, 0.25) is 0 Å². The predicted octanol–water partition coefficient (Wildman–Crippen LogP) is 4.14. The van der Waals surface area contributed by atoms with Crippen LogP contribution in [0.4, 0.5) is 4.39 Å². The fraction of sp³-hybridized carbons (Fsp3) is 0.333. The molecular weight excluding hydrogens is 319 g/mol. The van der Waals surface area contributed by atoms with Gasteiger partial charge in [-0.25, -0.2) is 4.39 Å². The summed E-state index contributed by atoms with van der Waals surface area (Å²) in [5, 5.41) is 0. The molecule has 128 valence electrons. The van der Waals surface area contributed by atoms with Crippen molar-refractivity contribution in [1.29, 1.82) is 0 Å². The molecule has 2 aliphatic heterocycles. The van der Waals surface area contributed by atoms with E-state index in [1.165, 1.54) is 12.1 Å². The van der Waals surface area contributed by atoms with E-state index in [9.17, 15) is 4.39 Å². The summed E-state index contributed by atoms with van der Waals surface area (Å²) in [4.78, 5) is 0. The number of ether oxygens (including phenoxy) is 3. The quantitative estimate of drug-likeness (QED) is 0.770. The molecule has 4 heteroatoms. The average Bonchev–Trinajstić information content (AvgIpc) is 2.68. The smallest absolute Gasteiger partial charge is 0.184 e. The Balaban J connectivity index is 1.41. The Morgan fingerprint density at radius 3 is 2.32 bits per heavy atom. The van der Waals surface area contributed by atoms with Crippen LogP contribution in [0.1, 0.15) is 41.9 Å². The van der Waals surface area contributed by atoms with Crippen molar-refractivity contribution in [3.63, 3.8) is 0 Å². The number of hydrogen-bond donors (Lipinski definition) is 0. The van der Waals surface area contributed by atoms with Crippen LogP contribution in [0, 0.1) is 18.2 Å². The monoisotopic (exact) mass is 338 g/mol. The van der Waals surface area contributed by atoms with Gasteiger partial charge in [0, 0.05) is 11.1 Å². The zero-order chi connectivity index (χ0) is 17.2. The molecule has 2 heterocycles. The average molecular weight is 338 g/mol. The molecule has 0 aliphatic carbocycles. The third-order valence-corrected chi connectivity index (χ3v) is 4.77. The van der Waals surface area contributed by atoms with Crippen molar-refractivity contribution in [3.8, 4) is 12.3 Å². The van der Waals surface area contributed by atoms with E-state index in [0.717, 1.165) is 29.5 Å². The van der Waals surface area contributed by atoms with Gasteiger partial charge >= 0.3 is 0 Å². The van der Waals surface area contributed by atoms with E-state index in [1.807, 2.05) is 24.3 Å². The van der Waals surface area contributed by atoms with Gasteiger partial charge in [-0.15, -0.1) is 6.42 Å². The predicted molar refractivity (Wildman–Crippen MR) is 91.2 cm³/mol. The summed E-state index contributed by atoms with van der Waals surface area (Å²) in [6, 6.07) is 14.1. The largest absolute Gasteiger partial charge is 0.365 e. The van der Waals surface area contributed by atoms with Gasteiger partial charge in [-0.1, -0.05) is 30.2 Å². The van der Waals surface area contributed by atoms with Crippen molar-refractivity contribution in [1.82, 2.24) is 0 Å². The highest BCUT2D eigenvalue weighted by atomic mass is 19.1. The van der Waals surface area contributed by atoms with Crippen molar-refractivity contribution < 1.29 is 18.6 Å². The summed E-state index contributed by atoms with van der Waals surface area (Å²) in [5.74, 6) is 2.37. The van der Waals surface area contributed by atoms with Crippen LogP contribution in [-0.4, -0.2) is 18.8 Å². The van der Waals surface area contributed by atoms with Crippen molar-refractivity contribution in [2.45, 2.75) is 37.4 Å². The van der Waals surface area contributed by atoms with Gasteiger partial charge in [0.1, 0.15) is 11.9 Å². The molecule has 25 heavy (non-hydrogen) atoms. The van der Waals surface area contributed by atoms with Crippen LogP contribution in [0.25, 0.3) is 0 Å². The second-order valence-electron chi connectivity index (χ2n) is 6.40. The maximum absolute atomic E-state index is 13.1. The maximum atomic E-state index is 13.1. The summed E-state index contributed by atoms with van der Waals surface area (Å²) in [5.41, 5.74) is 2.78. The van der Waals surface area contributed by atoms with Gasteiger partial charge in [-0.3, -0.25) is 0 Å². The van der Waals surface area contributed by atoms with Gasteiger partial charge < -0.3 is 14.2 Å². The molecular formula is C21H19FO3. The van der Waals surface area contributed by atoms with Gasteiger partial charge in [0.2, 0.25) is 0 Å². The van der Waals surface area contributed by atoms with E-state index in [0.29, 0.717) is 6.61 Å². The summed E-state index contributed by atoms with van der Waals surface area (Å²) in [7, 11) is 0. The van der Waals surface area contributed by atoms with Crippen molar-refractivity contribution in [3.05, 3.63) is 71.0 Å². The number of terminal acetylenes is 1. The second-order valence-corrected chi connectivity index (χ2v) is 6.40. The molecule has 0 spiro atoms. The highest BCUT2D eigenvalue weighted by Gasteiger charge is 2.38. The first-order valence-corrected chi connectivity index (χ1v) is 8.47. The van der Waals surface area contributed by atoms with E-state index >= 15 is 0 Å². The van der Waals surface area contributed by atoms with Gasteiger partial charge in [-0.2, -0.15) is 0 Å². The molecule has 2 aromatic rings. The van der Waals surface area contributed by atoms with E-state index in [-0.39, 0.29) is 30.4 Å². The van der Waals surface area contributed by atoms with Gasteiger partial charge in [-0.05, 0) is 42.7 Å². The van der Waals surface area contributed by atoms with Crippen molar-refractivity contribution in [2.75, 3.05) is 6.61 Å². The highest BCUT2D eigenvalue weighted by molar-refractivity contribution is 5.34. The first-order chi connectivity index (χ1) is 12.2. The molecule has 4 atom stereocenters. The molecule has 2 saturated heterocycles. The van der Waals surface area contributed by atoms with Gasteiger partial charge in [0.25, 0.3) is 0 Å². The summed E-state index contributed by atoms with van der Waals surface area (Å²) >= 11 is 0. The Morgan fingerprint density at radius 2 is 1.60 bits per heavy atom. The lowest BCUT2D eigenvalue weighted by Gasteiger charge is -2.42. The fourth-order valence-corrected chi connectivity index (χ4v) is 3.38. The van der Waals surface area contributed by atoms with E-state index in [2.05, 4.69) is 5.92 Å². The number of benzene rings is 2. The number of hydrogen-bond acceptors (Lipinski definition) is 3. The Labute approximate surface area is 146 Å². The van der Waals surface area contributed by atoms with E-state index in [1.54, 1.807) is 12.1 Å². The molecule has 0 radical (unpaired) electrons. The Bertz CT molecular complexity index is 763. The normalized spacial score (nSPS) is 28.8. The first kappa shape index (κ1) is 16.3. The molecule has 0 unspecified atom stereocenters. The maximum Gasteiger partial charge on any atom is 0.184 e. The first-order valence-electron chi connectivity index (χ1n) is 8.47. The highest BCUT2D eigenvalue weighted by Crippen LogP contribution is 2.38. The number of fused-ring (bicyclic) bond motifs is 1. The molecule has 2 aliphatic rings. The SMILES string of the molecule is C#Cc1ccc([C@@H]2OC[C@H]3O[C@@H](c4ccc(F)cc4)CC[C@@H]3O2)cc1. The minimum absolute atomic E-state index is 0.00255. The summed E-state index contributed by atoms with van der Waals surface area (Å²) < 4.78 is 31.2. The topological polar surface area (TPSA) is 27.7 Å². The van der Waals surface area contributed by atoms with Crippen LogP contribution < -0.4 is 0 Å². The minimum Gasteiger partial charge on any atom is -0.365 e. The van der Waals surface area contributed by atoms with Crippen LogP contribution in [0.15, 0.2) is 48.5 Å². The van der Waals surface area contributed by atoms with Crippen molar-refractivity contribution >= 4 is 0 Å². The molecule has 2 aromatic carbocycles. The Hall–Kier alpha value is -2.19. The fourth-order valence-electron chi connectivity index (χ4n) is 3.38. The zero-order valence-electron chi connectivity index (χ0n) is 13.7. The van der Waals surface area contributed by atoms with Crippen molar-refractivity contribution in [2.24, 2.45) is 0 Å². The lowest BCUT2D eigenvalue weighted by molar-refractivity contribution is -0.289. The molecule has 0 amide bonds.